The van der Waals surface area contributed by atoms with Crippen molar-refractivity contribution in [1.29, 1.82) is 0 Å². The van der Waals surface area contributed by atoms with Crippen LogP contribution in [0.1, 0.15) is 41.8 Å². The van der Waals surface area contributed by atoms with Crippen molar-refractivity contribution in [3.05, 3.63) is 51.8 Å². The van der Waals surface area contributed by atoms with Crippen LogP contribution in [0.5, 0.6) is 0 Å². The van der Waals surface area contributed by atoms with Gasteiger partial charge < -0.3 is 9.84 Å². The van der Waals surface area contributed by atoms with Crippen LogP contribution in [0.3, 0.4) is 0 Å². The molecule has 1 aromatic heterocycles. The summed E-state index contributed by atoms with van der Waals surface area (Å²) in [7, 11) is 0. The number of aryl methyl sites for hydroxylation is 1. The quantitative estimate of drug-likeness (QED) is 0.942. The summed E-state index contributed by atoms with van der Waals surface area (Å²) in [5.41, 5.74) is 3.81. The molecule has 0 aliphatic carbocycles. The van der Waals surface area contributed by atoms with E-state index < -0.39 is 6.10 Å². The first-order valence-corrected chi connectivity index (χ1v) is 7.17. The fraction of sp³-hybridized carbons (Fsp3) is 0.400. The van der Waals surface area contributed by atoms with Gasteiger partial charge in [-0.1, -0.05) is 36.7 Å². The number of rotatable bonds is 4. The zero-order valence-electron chi connectivity index (χ0n) is 11.3. The highest BCUT2D eigenvalue weighted by atomic mass is 35.5. The molecule has 3 rings (SSSR count). The Labute approximate surface area is 122 Å². The number of hydrogen-bond acceptors (Lipinski definition) is 3. The first-order chi connectivity index (χ1) is 9.70. The number of ether oxygens (including phenoxy) is 1. The standard InChI is InChI=1S/C15H17ClN2O2/c1-2-5-18-14(13(16)7-17-18)15(19)10-3-4-11-8-20-9-12(11)6-10/h3-4,6-7,15,19H,2,5,8-9H2,1H3. The minimum Gasteiger partial charge on any atom is -0.382 e. The molecule has 2 aromatic rings. The fourth-order valence-corrected chi connectivity index (χ4v) is 2.80. The van der Waals surface area contributed by atoms with Crippen molar-refractivity contribution in [2.24, 2.45) is 0 Å². The number of aliphatic hydroxyl groups excluding tert-OH is 1. The van der Waals surface area contributed by atoms with E-state index in [4.69, 9.17) is 16.3 Å². The summed E-state index contributed by atoms with van der Waals surface area (Å²) < 4.78 is 7.18. The van der Waals surface area contributed by atoms with E-state index in [0.29, 0.717) is 23.9 Å². The van der Waals surface area contributed by atoms with Crippen LogP contribution in [-0.2, 0) is 24.5 Å². The smallest absolute Gasteiger partial charge is 0.122 e. The molecular formula is C15H17ClN2O2. The zero-order valence-corrected chi connectivity index (χ0v) is 12.1. The van der Waals surface area contributed by atoms with E-state index in [-0.39, 0.29) is 0 Å². The van der Waals surface area contributed by atoms with Gasteiger partial charge in [-0.3, -0.25) is 4.68 Å². The van der Waals surface area contributed by atoms with Crippen LogP contribution in [0.4, 0.5) is 0 Å². The number of aromatic nitrogens is 2. The molecule has 0 spiro atoms. The van der Waals surface area contributed by atoms with E-state index in [2.05, 4.69) is 12.0 Å². The van der Waals surface area contributed by atoms with Gasteiger partial charge in [-0.05, 0) is 23.1 Å². The van der Waals surface area contributed by atoms with Gasteiger partial charge in [0.25, 0.3) is 0 Å². The normalized spacial score (nSPS) is 15.3. The van der Waals surface area contributed by atoms with E-state index >= 15 is 0 Å². The highest BCUT2D eigenvalue weighted by molar-refractivity contribution is 6.31. The molecule has 0 radical (unpaired) electrons. The van der Waals surface area contributed by atoms with Gasteiger partial charge in [-0.25, -0.2) is 0 Å². The molecule has 106 valence electrons. The van der Waals surface area contributed by atoms with E-state index in [1.54, 1.807) is 10.9 Å². The van der Waals surface area contributed by atoms with Crippen molar-refractivity contribution in [1.82, 2.24) is 9.78 Å². The van der Waals surface area contributed by atoms with Crippen molar-refractivity contribution < 1.29 is 9.84 Å². The van der Waals surface area contributed by atoms with Gasteiger partial charge in [0.05, 0.1) is 30.1 Å². The maximum atomic E-state index is 10.6. The number of aliphatic hydroxyl groups is 1. The number of benzene rings is 1. The SMILES string of the molecule is CCCn1ncc(Cl)c1C(O)c1ccc2c(c1)COC2. The van der Waals surface area contributed by atoms with Gasteiger partial charge in [0.2, 0.25) is 0 Å². The van der Waals surface area contributed by atoms with Crippen LogP contribution in [-0.4, -0.2) is 14.9 Å². The summed E-state index contributed by atoms with van der Waals surface area (Å²) in [5.74, 6) is 0. The van der Waals surface area contributed by atoms with Crippen LogP contribution < -0.4 is 0 Å². The van der Waals surface area contributed by atoms with Crippen molar-refractivity contribution in [2.75, 3.05) is 0 Å². The van der Waals surface area contributed by atoms with E-state index in [9.17, 15) is 5.11 Å². The lowest BCUT2D eigenvalue weighted by molar-refractivity contribution is 0.134. The molecule has 1 atom stereocenters. The molecule has 0 bridgehead atoms. The highest BCUT2D eigenvalue weighted by Crippen LogP contribution is 2.31. The minimum absolute atomic E-state index is 0.502. The van der Waals surface area contributed by atoms with Crippen molar-refractivity contribution >= 4 is 11.6 Å². The average Bonchev–Trinajstić information content (AvgIpc) is 3.04. The lowest BCUT2D eigenvalue weighted by atomic mass is 10.0. The summed E-state index contributed by atoms with van der Waals surface area (Å²) in [6.45, 7) is 4.07. The van der Waals surface area contributed by atoms with Crippen LogP contribution in [0, 0.1) is 0 Å². The first kappa shape index (κ1) is 13.6. The molecule has 1 aromatic carbocycles. The summed E-state index contributed by atoms with van der Waals surface area (Å²) >= 11 is 6.17. The largest absolute Gasteiger partial charge is 0.382 e. The van der Waals surface area contributed by atoms with Gasteiger partial charge in [0.1, 0.15) is 6.10 Å². The summed E-state index contributed by atoms with van der Waals surface area (Å²) in [6.07, 6.45) is 1.77. The van der Waals surface area contributed by atoms with Gasteiger partial charge in [0, 0.05) is 6.54 Å². The average molecular weight is 293 g/mol. The molecule has 1 N–H and O–H groups in total. The molecule has 2 heterocycles. The molecule has 0 amide bonds. The third kappa shape index (κ3) is 2.35. The van der Waals surface area contributed by atoms with Gasteiger partial charge >= 0.3 is 0 Å². The molecule has 1 aliphatic rings. The Hall–Kier alpha value is -1.36. The Kier molecular flexibility index (Phi) is 3.78. The molecule has 1 unspecified atom stereocenters. The molecule has 4 nitrogen and oxygen atoms in total. The molecular weight excluding hydrogens is 276 g/mol. The number of halogens is 1. The Morgan fingerprint density at radius 2 is 2.20 bits per heavy atom. The zero-order chi connectivity index (χ0) is 14.1. The lowest BCUT2D eigenvalue weighted by Gasteiger charge is -2.15. The van der Waals surface area contributed by atoms with Gasteiger partial charge in [-0.15, -0.1) is 0 Å². The number of fused-ring (bicyclic) bond motifs is 1. The predicted molar refractivity (Wildman–Crippen MR) is 76.5 cm³/mol. The minimum atomic E-state index is -0.762. The topological polar surface area (TPSA) is 47.3 Å². The summed E-state index contributed by atoms with van der Waals surface area (Å²) in [5, 5.41) is 15.3. The molecule has 1 aliphatic heterocycles. The molecule has 5 heteroatoms. The lowest BCUT2D eigenvalue weighted by Crippen LogP contribution is -2.11. The van der Waals surface area contributed by atoms with Crippen molar-refractivity contribution in [3.63, 3.8) is 0 Å². The Morgan fingerprint density at radius 1 is 1.40 bits per heavy atom. The highest BCUT2D eigenvalue weighted by Gasteiger charge is 2.21. The van der Waals surface area contributed by atoms with Crippen LogP contribution in [0.2, 0.25) is 5.02 Å². The molecule has 0 fully saturated rings. The predicted octanol–water partition coefficient (Wildman–Crippen LogP) is 3.06. The van der Waals surface area contributed by atoms with Gasteiger partial charge in [0.15, 0.2) is 0 Å². The Balaban J connectivity index is 1.96. The maximum Gasteiger partial charge on any atom is 0.122 e. The van der Waals surface area contributed by atoms with E-state index in [1.807, 2.05) is 18.2 Å². The molecule has 0 saturated heterocycles. The Bertz CT molecular complexity index is 624. The second-order valence-corrected chi connectivity index (χ2v) is 5.43. The van der Waals surface area contributed by atoms with Crippen LogP contribution in [0.15, 0.2) is 24.4 Å². The Morgan fingerprint density at radius 3 is 3.00 bits per heavy atom. The van der Waals surface area contributed by atoms with E-state index in [1.165, 1.54) is 5.56 Å². The second-order valence-electron chi connectivity index (χ2n) is 5.02. The summed E-state index contributed by atoms with van der Waals surface area (Å²) in [4.78, 5) is 0. The molecule has 0 saturated carbocycles. The van der Waals surface area contributed by atoms with Gasteiger partial charge in [-0.2, -0.15) is 5.10 Å². The van der Waals surface area contributed by atoms with Crippen LogP contribution in [0.25, 0.3) is 0 Å². The monoisotopic (exact) mass is 292 g/mol. The molecule has 20 heavy (non-hydrogen) atoms. The maximum absolute atomic E-state index is 10.6. The summed E-state index contributed by atoms with van der Waals surface area (Å²) in [6, 6.07) is 5.93. The third-order valence-corrected chi connectivity index (χ3v) is 3.88. The van der Waals surface area contributed by atoms with Crippen LogP contribution >= 0.6 is 11.6 Å². The van der Waals surface area contributed by atoms with Crippen molar-refractivity contribution in [3.8, 4) is 0 Å². The second kappa shape index (κ2) is 5.56. The number of hydrogen-bond donors (Lipinski definition) is 1. The third-order valence-electron chi connectivity index (χ3n) is 3.59. The van der Waals surface area contributed by atoms with Crippen molar-refractivity contribution in [2.45, 2.75) is 39.2 Å². The number of nitrogens with zero attached hydrogens (tertiary/aromatic N) is 2. The van der Waals surface area contributed by atoms with E-state index in [0.717, 1.165) is 24.1 Å². The first-order valence-electron chi connectivity index (χ1n) is 6.79. The fourth-order valence-electron chi connectivity index (χ4n) is 2.55.